The molecule has 0 radical (unpaired) electrons. The highest BCUT2D eigenvalue weighted by molar-refractivity contribution is 5.93. The van der Waals surface area contributed by atoms with Gasteiger partial charge in [-0.25, -0.2) is 0 Å². The zero-order valence-corrected chi connectivity index (χ0v) is 8.90. The molecular formula is C10H15N3O2. The fourth-order valence-corrected chi connectivity index (χ4v) is 1.05. The van der Waals surface area contributed by atoms with Crippen molar-refractivity contribution in [3.05, 3.63) is 23.5 Å². The van der Waals surface area contributed by atoms with Gasteiger partial charge in [0, 0.05) is 6.54 Å². The Hall–Kier alpha value is -1.49. The number of aryl methyl sites for hydroxylation is 1. The van der Waals surface area contributed by atoms with E-state index in [-0.39, 0.29) is 12.5 Å². The Kier molecular flexibility index (Phi) is 4.17. The van der Waals surface area contributed by atoms with E-state index in [1.165, 1.54) is 6.20 Å². The molecular weight excluding hydrogens is 194 g/mol. The maximum atomic E-state index is 11.5. The van der Waals surface area contributed by atoms with E-state index in [1.54, 1.807) is 13.0 Å². The van der Waals surface area contributed by atoms with Crippen LogP contribution < -0.4 is 5.32 Å². The second kappa shape index (κ2) is 5.41. The average Bonchev–Trinajstić information content (AvgIpc) is 2.25. The molecule has 0 aliphatic heterocycles. The summed E-state index contributed by atoms with van der Waals surface area (Å²) in [4.78, 5) is 11.5. The first-order chi connectivity index (χ1) is 7.13. The van der Waals surface area contributed by atoms with Crippen molar-refractivity contribution in [1.82, 2.24) is 15.5 Å². The average molecular weight is 209 g/mol. The molecule has 0 saturated heterocycles. The third-order valence-electron chi connectivity index (χ3n) is 2.01. The van der Waals surface area contributed by atoms with Gasteiger partial charge in [0.2, 0.25) is 0 Å². The lowest BCUT2D eigenvalue weighted by Gasteiger charge is -2.09. The van der Waals surface area contributed by atoms with Gasteiger partial charge < -0.3 is 10.4 Å². The minimum atomic E-state index is -0.496. The predicted molar refractivity (Wildman–Crippen MR) is 55.4 cm³/mol. The minimum Gasteiger partial charge on any atom is -0.391 e. The van der Waals surface area contributed by atoms with Crippen molar-refractivity contribution in [2.24, 2.45) is 0 Å². The van der Waals surface area contributed by atoms with Crippen molar-refractivity contribution in [3.8, 4) is 0 Å². The number of amides is 1. The van der Waals surface area contributed by atoms with E-state index >= 15 is 0 Å². The molecule has 0 aliphatic carbocycles. The van der Waals surface area contributed by atoms with E-state index in [2.05, 4.69) is 15.5 Å². The van der Waals surface area contributed by atoms with Crippen LogP contribution >= 0.6 is 0 Å². The van der Waals surface area contributed by atoms with E-state index in [1.807, 2.05) is 6.92 Å². The molecule has 1 amide bonds. The van der Waals surface area contributed by atoms with Gasteiger partial charge in [-0.15, -0.1) is 0 Å². The van der Waals surface area contributed by atoms with Crippen LogP contribution in [0.4, 0.5) is 0 Å². The second-order valence-corrected chi connectivity index (χ2v) is 3.36. The number of nitrogens with zero attached hydrogens (tertiary/aromatic N) is 2. The smallest absolute Gasteiger partial charge is 0.253 e. The topological polar surface area (TPSA) is 75.1 Å². The van der Waals surface area contributed by atoms with Crippen LogP contribution in [-0.2, 0) is 0 Å². The molecule has 0 spiro atoms. The van der Waals surface area contributed by atoms with Gasteiger partial charge in [0.1, 0.15) is 0 Å². The van der Waals surface area contributed by atoms with Gasteiger partial charge >= 0.3 is 0 Å². The number of rotatable bonds is 4. The monoisotopic (exact) mass is 209 g/mol. The number of hydrogen-bond donors (Lipinski definition) is 2. The molecule has 1 aromatic heterocycles. The van der Waals surface area contributed by atoms with Crippen molar-refractivity contribution in [1.29, 1.82) is 0 Å². The summed E-state index contributed by atoms with van der Waals surface area (Å²) in [6.45, 7) is 3.89. The molecule has 5 nitrogen and oxygen atoms in total. The summed E-state index contributed by atoms with van der Waals surface area (Å²) in [5.74, 6) is -0.236. The van der Waals surface area contributed by atoms with Crippen molar-refractivity contribution in [2.75, 3.05) is 6.54 Å². The number of aliphatic hydroxyl groups is 1. The van der Waals surface area contributed by atoms with Gasteiger partial charge in [0.15, 0.2) is 0 Å². The van der Waals surface area contributed by atoms with Crippen LogP contribution in [-0.4, -0.2) is 33.9 Å². The standard InChI is InChI=1S/C10H15N3O2/c1-3-9(14)6-11-10(15)8-4-7(2)13-12-5-8/h4-5,9,14H,3,6H2,1-2H3,(H,11,15)/t9-/m1/s1. The first-order valence-corrected chi connectivity index (χ1v) is 4.89. The Balaban J connectivity index is 2.54. The summed E-state index contributed by atoms with van der Waals surface area (Å²) in [5, 5.41) is 19.3. The Morgan fingerprint density at radius 3 is 3.00 bits per heavy atom. The molecule has 1 aromatic rings. The number of carbonyl (C=O) groups is 1. The molecule has 0 bridgehead atoms. The third kappa shape index (κ3) is 3.63. The van der Waals surface area contributed by atoms with E-state index in [0.29, 0.717) is 17.7 Å². The number of aromatic nitrogens is 2. The maximum absolute atomic E-state index is 11.5. The lowest BCUT2D eigenvalue weighted by atomic mass is 10.2. The molecule has 0 aliphatic rings. The number of aliphatic hydroxyl groups excluding tert-OH is 1. The molecule has 0 aromatic carbocycles. The number of carbonyl (C=O) groups excluding carboxylic acids is 1. The van der Waals surface area contributed by atoms with E-state index in [0.717, 1.165) is 0 Å². The van der Waals surface area contributed by atoms with E-state index in [4.69, 9.17) is 0 Å². The molecule has 82 valence electrons. The van der Waals surface area contributed by atoms with Gasteiger partial charge in [-0.2, -0.15) is 10.2 Å². The summed E-state index contributed by atoms with van der Waals surface area (Å²) < 4.78 is 0. The molecule has 1 atom stereocenters. The molecule has 0 saturated carbocycles. The van der Waals surface area contributed by atoms with Crippen LogP contribution in [0.5, 0.6) is 0 Å². The fraction of sp³-hybridized carbons (Fsp3) is 0.500. The third-order valence-corrected chi connectivity index (χ3v) is 2.01. The van der Waals surface area contributed by atoms with Crippen LogP contribution in [0.15, 0.2) is 12.3 Å². The van der Waals surface area contributed by atoms with Gasteiger partial charge in [0.05, 0.1) is 23.6 Å². The lowest BCUT2D eigenvalue weighted by Crippen LogP contribution is -2.31. The molecule has 2 N–H and O–H groups in total. The van der Waals surface area contributed by atoms with Gasteiger partial charge in [-0.3, -0.25) is 4.79 Å². The summed E-state index contributed by atoms with van der Waals surface area (Å²) in [6, 6.07) is 1.65. The zero-order valence-electron chi connectivity index (χ0n) is 8.90. The van der Waals surface area contributed by atoms with Crippen LogP contribution in [0.1, 0.15) is 29.4 Å². The highest BCUT2D eigenvalue weighted by Gasteiger charge is 2.08. The van der Waals surface area contributed by atoms with Gasteiger partial charge in [-0.05, 0) is 19.4 Å². The molecule has 1 heterocycles. The molecule has 5 heteroatoms. The largest absolute Gasteiger partial charge is 0.391 e. The molecule has 0 fully saturated rings. The second-order valence-electron chi connectivity index (χ2n) is 3.36. The number of hydrogen-bond acceptors (Lipinski definition) is 4. The van der Waals surface area contributed by atoms with Crippen molar-refractivity contribution in [3.63, 3.8) is 0 Å². The predicted octanol–water partition coefficient (Wildman–Crippen LogP) is 0.286. The summed E-state index contributed by atoms with van der Waals surface area (Å²) in [7, 11) is 0. The Bertz CT molecular complexity index is 341. The van der Waals surface area contributed by atoms with Crippen molar-refractivity contribution in [2.45, 2.75) is 26.4 Å². The van der Waals surface area contributed by atoms with Crippen molar-refractivity contribution < 1.29 is 9.90 Å². The van der Waals surface area contributed by atoms with Crippen LogP contribution in [0.2, 0.25) is 0 Å². The fourth-order valence-electron chi connectivity index (χ4n) is 1.05. The Morgan fingerprint density at radius 2 is 2.40 bits per heavy atom. The highest BCUT2D eigenvalue weighted by Crippen LogP contribution is 1.98. The van der Waals surface area contributed by atoms with Crippen LogP contribution in [0.3, 0.4) is 0 Å². The summed E-state index contributed by atoms with van der Waals surface area (Å²) >= 11 is 0. The van der Waals surface area contributed by atoms with Crippen LogP contribution in [0, 0.1) is 6.92 Å². The molecule has 15 heavy (non-hydrogen) atoms. The van der Waals surface area contributed by atoms with Gasteiger partial charge in [-0.1, -0.05) is 6.92 Å². The number of nitrogens with one attached hydrogen (secondary N) is 1. The van der Waals surface area contributed by atoms with Crippen molar-refractivity contribution >= 4 is 5.91 Å². The Labute approximate surface area is 88.5 Å². The van der Waals surface area contributed by atoms with E-state index in [9.17, 15) is 9.90 Å². The first-order valence-electron chi connectivity index (χ1n) is 4.89. The zero-order chi connectivity index (χ0) is 11.3. The van der Waals surface area contributed by atoms with E-state index < -0.39 is 6.10 Å². The molecule has 1 rings (SSSR count). The Morgan fingerprint density at radius 1 is 1.67 bits per heavy atom. The highest BCUT2D eigenvalue weighted by atomic mass is 16.3. The lowest BCUT2D eigenvalue weighted by molar-refractivity contribution is 0.0913. The van der Waals surface area contributed by atoms with Crippen LogP contribution in [0.25, 0.3) is 0 Å². The molecule has 0 unspecified atom stereocenters. The summed E-state index contributed by atoms with van der Waals surface area (Å²) in [5.41, 5.74) is 1.16. The minimum absolute atomic E-state index is 0.236. The first kappa shape index (κ1) is 11.6. The quantitative estimate of drug-likeness (QED) is 0.747. The SMILES string of the molecule is CC[C@@H](O)CNC(=O)c1cnnc(C)c1. The maximum Gasteiger partial charge on any atom is 0.253 e. The normalized spacial score (nSPS) is 12.2. The summed E-state index contributed by atoms with van der Waals surface area (Å²) in [6.07, 6.45) is 1.53. The van der Waals surface area contributed by atoms with Gasteiger partial charge in [0.25, 0.3) is 5.91 Å².